The molecule has 0 aliphatic carbocycles. The number of hydrogen-bond acceptors (Lipinski definition) is 1. The van der Waals surface area contributed by atoms with E-state index in [9.17, 15) is 0 Å². The van der Waals surface area contributed by atoms with Gasteiger partial charge in [0.1, 0.15) is 0 Å². The van der Waals surface area contributed by atoms with Crippen LogP contribution >= 0.6 is 0 Å². The lowest BCUT2D eigenvalue weighted by Gasteiger charge is -2.02. The zero-order chi connectivity index (χ0) is 9.97. The molecule has 2 rings (SSSR count). The third-order valence-corrected chi connectivity index (χ3v) is 2.62. The SMILES string of the molecule is CCc1cnc2cc(CC)ccc2c1. The first kappa shape index (κ1) is 9.20. The molecular formula is C13H15N. The molecule has 0 fully saturated rings. The molecule has 0 spiro atoms. The Balaban J connectivity index is 2.57. The molecule has 2 aromatic rings. The van der Waals surface area contributed by atoms with E-state index in [0.717, 1.165) is 18.4 Å². The van der Waals surface area contributed by atoms with Crippen molar-refractivity contribution in [3.8, 4) is 0 Å². The van der Waals surface area contributed by atoms with Gasteiger partial charge in [-0.3, -0.25) is 4.98 Å². The van der Waals surface area contributed by atoms with Gasteiger partial charge in [-0.05, 0) is 36.1 Å². The monoisotopic (exact) mass is 185 g/mol. The van der Waals surface area contributed by atoms with Crippen molar-refractivity contribution in [3.05, 3.63) is 41.6 Å². The van der Waals surface area contributed by atoms with Gasteiger partial charge in [-0.1, -0.05) is 26.0 Å². The molecule has 14 heavy (non-hydrogen) atoms. The van der Waals surface area contributed by atoms with Crippen LogP contribution in [0.25, 0.3) is 10.9 Å². The average Bonchev–Trinajstić information content (AvgIpc) is 2.27. The predicted octanol–water partition coefficient (Wildman–Crippen LogP) is 3.36. The first-order valence-electron chi connectivity index (χ1n) is 5.21. The highest BCUT2D eigenvalue weighted by Crippen LogP contribution is 2.15. The summed E-state index contributed by atoms with van der Waals surface area (Å²) < 4.78 is 0. The summed E-state index contributed by atoms with van der Waals surface area (Å²) in [7, 11) is 0. The number of aromatic nitrogens is 1. The topological polar surface area (TPSA) is 12.9 Å². The van der Waals surface area contributed by atoms with Crippen LogP contribution in [0, 0.1) is 0 Å². The van der Waals surface area contributed by atoms with Gasteiger partial charge in [0.15, 0.2) is 0 Å². The molecule has 0 atom stereocenters. The summed E-state index contributed by atoms with van der Waals surface area (Å²) in [5.41, 5.74) is 3.78. The van der Waals surface area contributed by atoms with Crippen molar-refractivity contribution in [2.24, 2.45) is 0 Å². The molecule has 1 nitrogen and oxygen atoms in total. The van der Waals surface area contributed by atoms with Crippen LogP contribution in [0.15, 0.2) is 30.5 Å². The maximum atomic E-state index is 4.46. The zero-order valence-corrected chi connectivity index (χ0v) is 8.75. The maximum Gasteiger partial charge on any atom is 0.0704 e. The number of pyridine rings is 1. The molecule has 72 valence electrons. The van der Waals surface area contributed by atoms with Crippen molar-refractivity contribution in [3.63, 3.8) is 0 Å². The third-order valence-electron chi connectivity index (χ3n) is 2.62. The van der Waals surface area contributed by atoms with Crippen molar-refractivity contribution < 1.29 is 0 Å². The van der Waals surface area contributed by atoms with Gasteiger partial charge in [0.25, 0.3) is 0 Å². The van der Waals surface area contributed by atoms with Crippen molar-refractivity contribution in [2.45, 2.75) is 26.7 Å². The zero-order valence-electron chi connectivity index (χ0n) is 8.75. The predicted molar refractivity (Wildman–Crippen MR) is 60.5 cm³/mol. The average molecular weight is 185 g/mol. The molecule has 1 aromatic carbocycles. The minimum atomic E-state index is 1.05. The largest absolute Gasteiger partial charge is 0.256 e. The van der Waals surface area contributed by atoms with E-state index < -0.39 is 0 Å². The number of hydrogen-bond donors (Lipinski definition) is 0. The molecule has 0 saturated heterocycles. The van der Waals surface area contributed by atoms with Crippen LogP contribution in [0.2, 0.25) is 0 Å². The Morgan fingerprint density at radius 1 is 1.00 bits per heavy atom. The van der Waals surface area contributed by atoms with Crippen LogP contribution in [0.4, 0.5) is 0 Å². The molecule has 0 radical (unpaired) electrons. The summed E-state index contributed by atoms with van der Waals surface area (Å²) in [5.74, 6) is 0. The van der Waals surface area contributed by atoms with E-state index in [2.05, 4.69) is 43.1 Å². The van der Waals surface area contributed by atoms with Crippen molar-refractivity contribution >= 4 is 10.9 Å². The van der Waals surface area contributed by atoms with Gasteiger partial charge in [0.2, 0.25) is 0 Å². The Labute approximate surface area is 84.8 Å². The summed E-state index contributed by atoms with van der Waals surface area (Å²) in [4.78, 5) is 4.46. The molecule has 0 aliphatic rings. The lowest BCUT2D eigenvalue weighted by Crippen LogP contribution is -1.86. The molecule has 0 unspecified atom stereocenters. The summed E-state index contributed by atoms with van der Waals surface area (Å²) >= 11 is 0. The second kappa shape index (κ2) is 3.79. The van der Waals surface area contributed by atoms with E-state index in [0.29, 0.717) is 0 Å². The van der Waals surface area contributed by atoms with Gasteiger partial charge in [-0.15, -0.1) is 0 Å². The Kier molecular flexibility index (Phi) is 2.49. The van der Waals surface area contributed by atoms with Gasteiger partial charge >= 0.3 is 0 Å². The molecule has 0 N–H and O–H groups in total. The fourth-order valence-electron chi connectivity index (χ4n) is 1.63. The highest BCUT2D eigenvalue weighted by Gasteiger charge is 1.97. The van der Waals surface area contributed by atoms with Crippen LogP contribution in [-0.4, -0.2) is 4.98 Å². The molecule has 0 aliphatic heterocycles. The smallest absolute Gasteiger partial charge is 0.0704 e. The van der Waals surface area contributed by atoms with Gasteiger partial charge in [0.05, 0.1) is 5.52 Å². The third kappa shape index (κ3) is 1.63. The van der Waals surface area contributed by atoms with Crippen LogP contribution in [0.5, 0.6) is 0 Å². The van der Waals surface area contributed by atoms with Crippen LogP contribution < -0.4 is 0 Å². The minimum absolute atomic E-state index is 1.05. The molecule has 1 heterocycles. The Hall–Kier alpha value is -1.37. The van der Waals surface area contributed by atoms with Gasteiger partial charge in [0, 0.05) is 11.6 Å². The number of aryl methyl sites for hydroxylation is 2. The van der Waals surface area contributed by atoms with E-state index in [-0.39, 0.29) is 0 Å². The van der Waals surface area contributed by atoms with E-state index in [1.807, 2.05) is 6.20 Å². The Bertz CT molecular complexity index is 403. The minimum Gasteiger partial charge on any atom is -0.256 e. The quantitative estimate of drug-likeness (QED) is 0.699. The molecule has 1 heteroatoms. The number of benzene rings is 1. The highest BCUT2D eigenvalue weighted by atomic mass is 14.6. The van der Waals surface area contributed by atoms with Gasteiger partial charge in [-0.2, -0.15) is 0 Å². The van der Waals surface area contributed by atoms with E-state index >= 15 is 0 Å². The summed E-state index contributed by atoms with van der Waals surface area (Å²) in [6, 6.07) is 8.75. The molecular weight excluding hydrogens is 170 g/mol. The number of fused-ring (bicyclic) bond motifs is 1. The highest BCUT2D eigenvalue weighted by molar-refractivity contribution is 5.79. The first-order valence-corrected chi connectivity index (χ1v) is 5.21. The summed E-state index contributed by atoms with van der Waals surface area (Å²) in [6.45, 7) is 4.32. The summed E-state index contributed by atoms with van der Waals surface area (Å²) in [5, 5.41) is 1.25. The van der Waals surface area contributed by atoms with Gasteiger partial charge < -0.3 is 0 Å². The van der Waals surface area contributed by atoms with Crippen LogP contribution in [0.3, 0.4) is 0 Å². The van der Waals surface area contributed by atoms with Crippen molar-refractivity contribution in [1.82, 2.24) is 4.98 Å². The number of rotatable bonds is 2. The van der Waals surface area contributed by atoms with Gasteiger partial charge in [-0.25, -0.2) is 0 Å². The lowest BCUT2D eigenvalue weighted by molar-refractivity contribution is 1.11. The fraction of sp³-hybridized carbons (Fsp3) is 0.308. The van der Waals surface area contributed by atoms with E-state index in [4.69, 9.17) is 0 Å². The van der Waals surface area contributed by atoms with Crippen LogP contribution in [-0.2, 0) is 12.8 Å². The normalized spacial score (nSPS) is 10.7. The lowest BCUT2D eigenvalue weighted by atomic mass is 10.1. The van der Waals surface area contributed by atoms with Crippen LogP contribution in [0.1, 0.15) is 25.0 Å². The first-order chi connectivity index (χ1) is 6.83. The van der Waals surface area contributed by atoms with Crippen molar-refractivity contribution in [2.75, 3.05) is 0 Å². The molecule has 0 bridgehead atoms. The second-order valence-electron chi connectivity index (χ2n) is 3.58. The van der Waals surface area contributed by atoms with Crippen molar-refractivity contribution in [1.29, 1.82) is 0 Å². The van der Waals surface area contributed by atoms with E-state index in [1.54, 1.807) is 0 Å². The Morgan fingerprint density at radius 3 is 2.50 bits per heavy atom. The molecule has 1 aromatic heterocycles. The maximum absolute atomic E-state index is 4.46. The molecule has 0 amide bonds. The standard InChI is InChI=1S/C13H15N/c1-3-10-5-6-12-7-11(4-2)9-14-13(12)8-10/h5-9H,3-4H2,1-2H3. The molecule has 0 saturated carbocycles. The fourth-order valence-corrected chi connectivity index (χ4v) is 1.63. The summed E-state index contributed by atoms with van der Waals surface area (Å²) in [6.07, 6.45) is 4.10. The number of nitrogens with zero attached hydrogens (tertiary/aromatic N) is 1. The Morgan fingerprint density at radius 2 is 1.79 bits per heavy atom. The second-order valence-corrected chi connectivity index (χ2v) is 3.58. The van der Waals surface area contributed by atoms with E-state index in [1.165, 1.54) is 16.5 Å².